The average molecular weight is 250 g/mol. The van der Waals surface area contributed by atoms with E-state index in [-0.39, 0.29) is 0 Å². The maximum Gasteiger partial charge on any atom is 0.212 e. The standard InChI is InChI=1S/C11H8ClN3S/c1-7-14-15-6-10(13-11(15)16-7)8-3-2-4-9(12)5-8/h2-6H,1H3. The van der Waals surface area contributed by atoms with Crippen LogP contribution in [0.1, 0.15) is 5.01 Å². The molecular weight excluding hydrogens is 242 g/mol. The molecule has 0 unspecified atom stereocenters. The van der Waals surface area contributed by atoms with Gasteiger partial charge in [-0.1, -0.05) is 35.1 Å². The van der Waals surface area contributed by atoms with E-state index < -0.39 is 0 Å². The van der Waals surface area contributed by atoms with Gasteiger partial charge in [-0.05, 0) is 19.1 Å². The molecule has 16 heavy (non-hydrogen) atoms. The van der Waals surface area contributed by atoms with Crippen molar-refractivity contribution >= 4 is 27.9 Å². The number of imidazole rings is 1. The van der Waals surface area contributed by atoms with Crippen LogP contribution in [-0.2, 0) is 0 Å². The molecule has 0 saturated heterocycles. The number of nitrogens with zero attached hydrogens (tertiary/aromatic N) is 3. The molecule has 0 radical (unpaired) electrons. The lowest BCUT2D eigenvalue weighted by Gasteiger charge is -1.95. The van der Waals surface area contributed by atoms with Crippen LogP contribution in [0.25, 0.3) is 16.2 Å². The number of rotatable bonds is 1. The molecule has 1 aromatic carbocycles. The molecule has 0 amide bonds. The highest BCUT2D eigenvalue weighted by molar-refractivity contribution is 7.16. The summed E-state index contributed by atoms with van der Waals surface area (Å²) in [5, 5.41) is 6.06. The zero-order valence-corrected chi connectivity index (χ0v) is 10.1. The molecule has 0 spiro atoms. The fraction of sp³-hybridized carbons (Fsp3) is 0.0909. The van der Waals surface area contributed by atoms with Gasteiger partial charge in [0.1, 0.15) is 5.01 Å². The molecule has 80 valence electrons. The summed E-state index contributed by atoms with van der Waals surface area (Å²) in [5.41, 5.74) is 1.92. The Hall–Kier alpha value is -1.39. The third kappa shape index (κ3) is 1.60. The van der Waals surface area contributed by atoms with Crippen molar-refractivity contribution in [3.8, 4) is 11.3 Å². The summed E-state index contributed by atoms with van der Waals surface area (Å²) in [6.45, 7) is 1.97. The maximum absolute atomic E-state index is 5.95. The van der Waals surface area contributed by atoms with Crippen LogP contribution in [0.3, 0.4) is 0 Å². The lowest BCUT2D eigenvalue weighted by Crippen LogP contribution is -1.80. The Morgan fingerprint density at radius 3 is 3.00 bits per heavy atom. The summed E-state index contributed by atoms with van der Waals surface area (Å²) in [6, 6.07) is 7.67. The minimum atomic E-state index is 0.720. The quantitative estimate of drug-likeness (QED) is 0.662. The van der Waals surface area contributed by atoms with Gasteiger partial charge in [-0.3, -0.25) is 0 Å². The fourth-order valence-electron chi connectivity index (χ4n) is 1.59. The molecule has 0 aliphatic rings. The Labute approximate surface area is 101 Å². The van der Waals surface area contributed by atoms with Crippen molar-refractivity contribution in [2.24, 2.45) is 0 Å². The zero-order chi connectivity index (χ0) is 11.1. The Morgan fingerprint density at radius 2 is 2.25 bits per heavy atom. The predicted molar refractivity (Wildman–Crippen MR) is 66.0 cm³/mol. The Morgan fingerprint density at radius 1 is 1.38 bits per heavy atom. The lowest BCUT2D eigenvalue weighted by atomic mass is 10.2. The summed E-state index contributed by atoms with van der Waals surface area (Å²) in [7, 11) is 0. The molecule has 0 N–H and O–H groups in total. The first-order chi connectivity index (χ1) is 7.72. The molecule has 3 nitrogen and oxygen atoms in total. The number of hydrogen-bond acceptors (Lipinski definition) is 3. The maximum atomic E-state index is 5.95. The molecule has 0 saturated carbocycles. The normalized spacial score (nSPS) is 11.1. The first-order valence-electron chi connectivity index (χ1n) is 4.81. The van der Waals surface area contributed by atoms with E-state index in [0.29, 0.717) is 0 Å². The summed E-state index contributed by atoms with van der Waals surface area (Å²) < 4.78 is 1.80. The topological polar surface area (TPSA) is 30.2 Å². The Balaban J connectivity index is 2.15. The molecule has 3 aromatic rings. The third-order valence-corrected chi connectivity index (χ3v) is 3.34. The van der Waals surface area contributed by atoms with E-state index in [1.165, 1.54) is 0 Å². The lowest BCUT2D eigenvalue weighted by molar-refractivity contribution is 0.946. The monoisotopic (exact) mass is 249 g/mol. The zero-order valence-electron chi connectivity index (χ0n) is 8.51. The van der Waals surface area contributed by atoms with Gasteiger partial charge in [-0.2, -0.15) is 5.10 Å². The molecule has 3 rings (SSSR count). The van der Waals surface area contributed by atoms with Crippen LogP contribution in [0.15, 0.2) is 30.5 Å². The number of halogens is 1. The summed E-state index contributed by atoms with van der Waals surface area (Å²) >= 11 is 7.52. The first-order valence-corrected chi connectivity index (χ1v) is 6.00. The van der Waals surface area contributed by atoms with Crippen molar-refractivity contribution < 1.29 is 0 Å². The van der Waals surface area contributed by atoms with Gasteiger partial charge in [-0.15, -0.1) is 0 Å². The molecule has 2 aromatic heterocycles. The second-order valence-electron chi connectivity index (χ2n) is 3.48. The van der Waals surface area contributed by atoms with E-state index in [1.807, 2.05) is 37.4 Å². The molecule has 2 heterocycles. The molecule has 0 fully saturated rings. The highest BCUT2D eigenvalue weighted by Gasteiger charge is 2.07. The highest BCUT2D eigenvalue weighted by atomic mass is 35.5. The average Bonchev–Trinajstić information content (AvgIpc) is 2.74. The van der Waals surface area contributed by atoms with Crippen LogP contribution >= 0.6 is 22.9 Å². The van der Waals surface area contributed by atoms with Gasteiger partial charge >= 0.3 is 0 Å². The van der Waals surface area contributed by atoms with Gasteiger partial charge in [0.2, 0.25) is 4.96 Å². The van der Waals surface area contributed by atoms with Gasteiger partial charge in [0.15, 0.2) is 0 Å². The third-order valence-electron chi connectivity index (χ3n) is 2.26. The van der Waals surface area contributed by atoms with Crippen LogP contribution in [-0.4, -0.2) is 14.6 Å². The van der Waals surface area contributed by atoms with Crippen molar-refractivity contribution in [3.63, 3.8) is 0 Å². The minimum Gasteiger partial charge on any atom is -0.217 e. The highest BCUT2D eigenvalue weighted by Crippen LogP contribution is 2.24. The van der Waals surface area contributed by atoms with E-state index >= 15 is 0 Å². The van der Waals surface area contributed by atoms with Crippen molar-refractivity contribution in [1.29, 1.82) is 0 Å². The van der Waals surface area contributed by atoms with Crippen LogP contribution in [0.5, 0.6) is 0 Å². The second-order valence-corrected chi connectivity index (χ2v) is 5.08. The summed E-state index contributed by atoms with van der Waals surface area (Å²) in [4.78, 5) is 5.41. The van der Waals surface area contributed by atoms with Crippen LogP contribution in [0, 0.1) is 6.92 Å². The number of fused-ring (bicyclic) bond motifs is 1. The number of benzene rings is 1. The second kappa shape index (κ2) is 3.57. The van der Waals surface area contributed by atoms with E-state index in [0.717, 1.165) is 26.2 Å². The smallest absolute Gasteiger partial charge is 0.212 e. The van der Waals surface area contributed by atoms with E-state index in [1.54, 1.807) is 15.9 Å². The van der Waals surface area contributed by atoms with Crippen LogP contribution < -0.4 is 0 Å². The summed E-state index contributed by atoms with van der Waals surface area (Å²) in [5.74, 6) is 0. The minimum absolute atomic E-state index is 0.720. The van der Waals surface area contributed by atoms with E-state index in [9.17, 15) is 0 Å². The molecule has 0 atom stereocenters. The largest absolute Gasteiger partial charge is 0.217 e. The van der Waals surface area contributed by atoms with Crippen LogP contribution in [0.2, 0.25) is 5.02 Å². The van der Waals surface area contributed by atoms with Gasteiger partial charge in [-0.25, -0.2) is 9.50 Å². The number of aryl methyl sites for hydroxylation is 1. The first kappa shape index (κ1) is 9.81. The van der Waals surface area contributed by atoms with Crippen molar-refractivity contribution in [2.75, 3.05) is 0 Å². The summed E-state index contributed by atoms with van der Waals surface area (Å²) in [6.07, 6.45) is 1.92. The van der Waals surface area contributed by atoms with Gasteiger partial charge in [0, 0.05) is 10.6 Å². The van der Waals surface area contributed by atoms with E-state index in [4.69, 9.17) is 11.6 Å². The molecular formula is C11H8ClN3S. The van der Waals surface area contributed by atoms with Gasteiger partial charge < -0.3 is 0 Å². The number of hydrogen-bond donors (Lipinski definition) is 0. The van der Waals surface area contributed by atoms with Crippen molar-refractivity contribution in [2.45, 2.75) is 6.92 Å². The van der Waals surface area contributed by atoms with Crippen LogP contribution in [0.4, 0.5) is 0 Å². The SMILES string of the molecule is Cc1nn2cc(-c3cccc(Cl)c3)nc2s1. The Kier molecular flexibility index (Phi) is 2.19. The predicted octanol–water partition coefficient (Wildman–Crippen LogP) is 3.42. The van der Waals surface area contributed by atoms with Crippen molar-refractivity contribution in [1.82, 2.24) is 14.6 Å². The van der Waals surface area contributed by atoms with Crippen molar-refractivity contribution in [3.05, 3.63) is 40.5 Å². The van der Waals surface area contributed by atoms with Gasteiger partial charge in [0.25, 0.3) is 0 Å². The molecule has 5 heteroatoms. The Bertz CT molecular complexity index is 625. The van der Waals surface area contributed by atoms with Gasteiger partial charge in [0.05, 0.1) is 11.9 Å². The fourth-order valence-corrected chi connectivity index (χ4v) is 2.50. The molecule has 0 aliphatic carbocycles. The van der Waals surface area contributed by atoms with E-state index in [2.05, 4.69) is 10.1 Å². The molecule has 0 bridgehead atoms. The molecule has 0 aliphatic heterocycles. The number of aromatic nitrogens is 3.